The minimum Gasteiger partial charge on any atom is -0.379 e. The summed E-state index contributed by atoms with van der Waals surface area (Å²) in [6, 6.07) is 11.0. The van der Waals surface area contributed by atoms with E-state index in [1.165, 1.54) is 24.0 Å². The molecule has 146 valence electrons. The second kappa shape index (κ2) is 7.78. The quantitative estimate of drug-likeness (QED) is 0.671. The zero-order valence-corrected chi connectivity index (χ0v) is 17.0. The Bertz CT molecular complexity index is 948. The van der Waals surface area contributed by atoms with E-state index in [0.717, 1.165) is 60.6 Å². The van der Waals surface area contributed by atoms with Crippen molar-refractivity contribution in [3.8, 4) is 11.1 Å². The number of nitrogens with one attached hydrogen (secondary N) is 1. The summed E-state index contributed by atoms with van der Waals surface area (Å²) in [6.45, 7) is 6.54. The van der Waals surface area contributed by atoms with Gasteiger partial charge in [0.2, 0.25) is 0 Å². The van der Waals surface area contributed by atoms with Crippen molar-refractivity contribution in [1.82, 2.24) is 14.9 Å². The van der Waals surface area contributed by atoms with Crippen LogP contribution in [0, 0.1) is 5.92 Å². The number of rotatable bonds is 6. The fourth-order valence-electron chi connectivity index (χ4n) is 3.88. The van der Waals surface area contributed by atoms with Crippen molar-refractivity contribution in [1.29, 1.82) is 0 Å². The maximum atomic E-state index is 5.48. The second-order valence-corrected chi connectivity index (χ2v) is 8.70. The lowest BCUT2D eigenvalue weighted by atomic mass is 10.1. The fourth-order valence-corrected chi connectivity index (χ4v) is 4.85. The molecule has 1 aliphatic carbocycles. The highest BCUT2D eigenvalue weighted by Crippen LogP contribution is 2.39. The average molecular weight is 395 g/mol. The molecule has 3 aromatic rings. The zero-order valence-electron chi connectivity index (χ0n) is 16.2. The zero-order chi connectivity index (χ0) is 18.9. The Morgan fingerprint density at radius 2 is 1.96 bits per heavy atom. The van der Waals surface area contributed by atoms with E-state index in [1.54, 1.807) is 11.3 Å². The molecule has 28 heavy (non-hydrogen) atoms. The van der Waals surface area contributed by atoms with E-state index in [4.69, 9.17) is 14.7 Å². The minimum atomic E-state index is 0.442. The van der Waals surface area contributed by atoms with Crippen molar-refractivity contribution >= 4 is 27.4 Å². The summed E-state index contributed by atoms with van der Waals surface area (Å²) in [5.74, 6) is 2.67. The summed E-state index contributed by atoms with van der Waals surface area (Å²) in [5.41, 5.74) is 2.45. The second-order valence-electron chi connectivity index (χ2n) is 7.84. The number of nitrogens with zero attached hydrogens (tertiary/aromatic N) is 3. The molecule has 1 aromatic carbocycles. The van der Waals surface area contributed by atoms with Gasteiger partial charge in [-0.1, -0.05) is 30.3 Å². The summed E-state index contributed by atoms with van der Waals surface area (Å²) in [4.78, 5) is 13.4. The molecular formula is C22H26N4OS. The van der Waals surface area contributed by atoms with E-state index < -0.39 is 0 Å². The third-order valence-corrected chi connectivity index (χ3v) is 6.60. The lowest BCUT2D eigenvalue weighted by Crippen LogP contribution is -2.36. The van der Waals surface area contributed by atoms with Gasteiger partial charge in [-0.25, -0.2) is 9.97 Å². The van der Waals surface area contributed by atoms with E-state index in [0.29, 0.717) is 6.04 Å². The number of hydrogen-bond donors (Lipinski definition) is 1. The van der Waals surface area contributed by atoms with Crippen molar-refractivity contribution in [2.24, 2.45) is 5.92 Å². The molecule has 2 aliphatic rings. The first-order chi connectivity index (χ1) is 13.8. The Kier molecular flexibility index (Phi) is 5.01. The van der Waals surface area contributed by atoms with Crippen molar-refractivity contribution < 1.29 is 4.74 Å². The summed E-state index contributed by atoms with van der Waals surface area (Å²) in [6.07, 6.45) is 2.64. The first kappa shape index (κ1) is 18.0. The lowest BCUT2D eigenvalue weighted by Gasteiger charge is -2.26. The van der Waals surface area contributed by atoms with E-state index in [2.05, 4.69) is 52.9 Å². The number of hydrogen-bond acceptors (Lipinski definition) is 6. The van der Waals surface area contributed by atoms with Crippen LogP contribution in [0.3, 0.4) is 0 Å². The van der Waals surface area contributed by atoms with Gasteiger partial charge in [-0.05, 0) is 31.2 Å². The molecular weight excluding hydrogens is 368 g/mol. The van der Waals surface area contributed by atoms with E-state index in [9.17, 15) is 0 Å². The normalized spacial score (nSPS) is 19.0. The highest BCUT2D eigenvalue weighted by molar-refractivity contribution is 7.17. The molecule has 1 N–H and O–H groups in total. The lowest BCUT2D eigenvalue weighted by molar-refractivity contribution is 0.0331. The maximum absolute atomic E-state index is 5.48. The first-order valence-electron chi connectivity index (χ1n) is 10.2. The topological polar surface area (TPSA) is 50.3 Å². The van der Waals surface area contributed by atoms with Crippen molar-refractivity contribution in [2.75, 3.05) is 31.6 Å². The van der Waals surface area contributed by atoms with E-state index in [-0.39, 0.29) is 0 Å². The van der Waals surface area contributed by atoms with Gasteiger partial charge < -0.3 is 10.1 Å². The first-order valence-corrected chi connectivity index (χ1v) is 11.1. The highest BCUT2D eigenvalue weighted by atomic mass is 32.1. The summed E-state index contributed by atoms with van der Waals surface area (Å²) in [7, 11) is 0. The van der Waals surface area contributed by atoms with Crippen LogP contribution in [0.5, 0.6) is 0 Å². The Balaban J connectivity index is 1.54. The van der Waals surface area contributed by atoms with Gasteiger partial charge in [-0.3, -0.25) is 4.90 Å². The van der Waals surface area contributed by atoms with Gasteiger partial charge in [-0.15, -0.1) is 11.3 Å². The van der Waals surface area contributed by atoms with Gasteiger partial charge in [0.1, 0.15) is 16.5 Å². The van der Waals surface area contributed by atoms with Crippen LogP contribution in [0.1, 0.15) is 25.6 Å². The molecule has 1 saturated heterocycles. The van der Waals surface area contributed by atoms with Crippen LogP contribution in [0.15, 0.2) is 35.7 Å². The summed E-state index contributed by atoms with van der Waals surface area (Å²) in [5, 5.41) is 7.12. The molecule has 1 unspecified atom stereocenters. The number of thiophene rings is 1. The third kappa shape index (κ3) is 3.77. The molecule has 0 radical (unpaired) electrons. The molecule has 0 amide bonds. The molecule has 6 heteroatoms. The molecule has 1 saturated carbocycles. The van der Waals surface area contributed by atoms with Gasteiger partial charge in [0.05, 0.1) is 25.1 Å². The van der Waals surface area contributed by atoms with Crippen LogP contribution in [-0.2, 0) is 11.3 Å². The SMILES string of the molecule is CC(Nc1nc(CN2CCOCC2)nc2scc(-c3ccccc3)c12)C1CC1. The number of anilines is 1. The predicted molar refractivity (Wildman–Crippen MR) is 115 cm³/mol. The Morgan fingerprint density at radius 3 is 2.71 bits per heavy atom. The Hall–Kier alpha value is -2.02. The van der Waals surface area contributed by atoms with Crippen LogP contribution in [0.25, 0.3) is 21.3 Å². The molecule has 1 aliphatic heterocycles. The summed E-state index contributed by atoms with van der Waals surface area (Å²) < 4.78 is 5.48. The molecule has 5 rings (SSSR count). The number of fused-ring (bicyclic) bond motifs is 1. The van der Waals surface area contributed by atoms with Crippen LogP contribution in [0.4, 0.5) is 5.82 Å². The van der Waals surface area contributed by atoms with E-state index >= 15 is 0 Å². The maximum Gasteiger partial charge on any atom is 0.146 e. The largest absolute Gasteiger partial charge is 0.379 e. The Morgan fingerprint density at radius 1 is 1.18 bits per heavy atom. The number of aromatic nitrogens is 2. The predicted octanol–water partition coefficient (Wildman–Crippen LogP) is 4.40. The molecule has 1 atom stereocenters. The standard InChI is InChI=1S/C22H26N4OS/c1-15(16-7-8-16)23-21-20-18(17-5-3-2-4-6-17)14-28-22(20)25-19(24-21)13-26-9-11-27-12-10-26/h2-6,14-16H,7-13H2,1H3,(H,23,24,25). The monoisotopic (exact) mass is 394 g/mol. The average Bonchev–Trinajstić information content (AvgIpc) is 3.49. The Labute approximate surface area is 169 Å². The fraction of sp³-hybridized carbons (Fsp3) is 0.455. The number of benzene rings is 1. The molecule has 5 nitrogen and oxygen atoms in total. The molecule has 0 spiro atoms. The van der Waals surface area contributed by atoms with Gasteiger partial charge in [0, 0.05) is 30.1 Å². The van der Waals surface area contributed by atoms with Crippen molar-refractivity contribution in [2.45, 2.75) is 32.4 Å². The van der Waals surface area contributed by atoms with Gasteiger partial charge in [0.15, 0.2) is 0 Å². The number of morpholine rings is 1. The van der Waals surface area contributed by atoms with Crippen LogP contribution in [0.2, 0.25) is 0 Å². The van der Waals surface area contributed by atoms with Crippen LogP contribution >= 0.6 is 11.3 Å². The van der Waals surface area contributed by atoms with Gasteiger partial charge in [-0.2, -0.15) is 0 Å². The van der Waals surface area contributed by atoms with Crippen molar-refractivity contribution in [3.63, 3.8) is 0 Å². The van der Waals surface area contributed by atoms with E-state index in [1.807, 2.05) is 0 Å². The minimum absolute atomic E-state index is 0.442. The van der Waals surface area contributed by atoms with Crippen LogP contribution in [-0.4, -0.2) is 47.2 Å². The molecule has 2 aromatic heterocycles. The molecule has 0 bridgehead atoms. The summed E-state index contributed by atoms with van der Waals surface area (Å²) >= 11 is 1.72. The smallest absolute Gasteiger partial charge is 0.146 e. The molecule has 2 fully saturated rings. The van der Waals surface area contributed by atoms with Gasteiger partial charge in [0.25, 0.3) is 0 Å². The van der Waals surface area contributed by atoms with Crippen molar-refractivity contribution in [3.05, 3.63) is 41.5 Å². The highest BCUT2D eigenvalue weighted by Gasteiger charge is 2.29. The molecule has 3 heterocycles. The number of ether oxygens (including phenoxy) is 1. The third-order valence-electron chi connectivity index (χ3n) is 5.73. The van der Waals surface area contributed by atoms with Crippen LogP contribution < -0.4 is 5.32 Å². The van der Waals surface area contributed by atoms with Gasteiger partial charge >= 0.3 is 0 Å².